The predicted molar refractivity (Wildman–Crippen MR) is 74.7 cm³/mol. The third kappa shape index (κ3) is 1.94. The number of hydrogen-bond donors (Lipinski definition) is 1. The highest BCUT2D eigenvalue weighted by atomic mass is 19.1. The lowest BCUT2D eigenvalue weighted by molar-refractivity contribution is 0.639. The number of pyridine rings is 1. The van der Waals surface area contributed by atoms with Crippen molar-refractivity contribution in [2.75, 3.05) is 11.9 Å². The van der Waals surface area contributed by atoms with Crippen molar-refractivity contribution in [3.63, 3.8) is 0 Å². The van der Waals surface area contributed by atoms with Crippen molar-refractivity contribution >= 4 is 16.6 Å². The van der Waals surface area contributed by atoms with Crippen molar-refractivity contribution in [3.8, 4) is 0 Å². The van der Waals surface area contributed by atoms with Crippen LogP contribution in [-0.2, 0) is 6.42 Å². The fraction of sp³-hybridized carbons (Fsp3) is 0.400. The first-order valence-electron chi connectivity index (χ1n) is 6.42. The van der Waals surface area contributed by atoms with Gasteiger partial charge >= 0.3 is 0 Å². The molecule has 2 rings (SSSR count). The number of fused-ring (bicyclic) bond motifs is 1. The molecule has 0 spiro atoms. The molecule has 1 N–H and O–H groups in total. The minimum absolute atomic E-state index is 0.204. The number of aromatic nitrogens is 1. The number of aryl methyl sites for hydroxylation is 2. The van der Waals surface area contributed by atoms with E-state index in [0.717, 1.165) is 41.0 Å². The average molecular weight is 246 g/mol. The van der Waals surface area contributed by atoms with Crippen LogP contribution in [0.1, 0.15) is 30.7 Å². The van der Waals surface area contributed by atoms with Crippen molar-refractivity contribution in [3.05, 3.63) is 34.8 Å². The Morgan fingerprint density at radius 3 is 2.56 bits per heavy atom. The number of rotatable bonds is 3. The molecule has 0 aliphatic carbocycles. The largest absolute Gasteiger partial charge is 0.384 e. The van der Waals surface area contributed by atoms with Crippen LogP contribution in [-0.4, -0.2) is 11.5 Å². The van der Waals surface area contributed by atoms with Crippen molar-refractivity contribution < 1.29 is 4.39 Å². The summed E-state index contributed by atoms with van der Waals surface area (Å²) in [5.74, 6) is -0.204. The van der Waals surface area contributed by atoms with Crippen LogP contribution >= 0.6 is 0 Å². The normalized spacial score (nSPS) is 10.9. The van der Waals surface area contributed by atoms with E-state index in [1.165, 1.54) is 6.07 Å². The number of halogens is 1. The maximum atomic E-state index is 14.1. The second-order valence-electron chi connectivity index (χ2n) is 4.53. The molecule has 1 aromatic carbocycles. The molecule has 0 amide bonds. The summed E-state index contributed by atoms with van der Waals surface area (Å²) in [5, 5.41) is 3.90. The van der Waals surface area contributed by atoms with Crippen molar-refractivity contribution in [1.29, 1.82) is 0 Å². The standard InChI is InChI=1S/C15H19FN2/c1-5-12-10(4)15(17-6-2)13-11(16)8-7-9(3)14(13)18-12/h7-8H,5-6H2,1-4H3,(H,17,18). The summed E-state index contributed by atoms with van der Waals surface area (Å²) >= 11 is 0. The molecule has 2 aromatic rings. The summed E-state index contributed by atoms with van der Waals surface area (Å²) in [7, 11) is 0. The predicted octanol–water partition coefficient (Wildman–Crippen LogP) is 3.98. The third-order valence-electron chi connectivity index (χ3n) is 3.32. The van der Waals surface area contributed by atoms with Crippen LogP contribution in [0, 0.1) is 19.7 Å². The summed E-state index contributed by atoms with van der Waals surface area (Å²) in [4.78, 5) is 4.62. The Bertz CT molecular complexity index is 591. The van der Waals surface area contributed by atoms with Gasteiger partial charge in [0.2, 0.25) is 0 Å². The molecule has 1 heterocycles. The zero-order valence-electron chi connectivity index (χ0n) is 11.4. The Balaban J connectivity index is 2.90. The minimum atomic E-state index is -0.204. The van der Waals surface area contributed by atoms with Gasteiger partial charge in [-0.1, -0.05) is 13.0 Å². The highest BCUT2D eigenvalue weighted by molar-refractivity contribution is 5.95. The number of anilines is 1. The molecule has 96 valence electrons. The molecule has 0 aliphatic heterocycles. The lowest BCUT2D eigenvalue weighted by Crippen LogP contribution is -2.06. The SMILES string of the molecule is CCNc1c(C)c(CC)nc2c(C)ccc(F)c12. The van der Waals surface area contributed by atoms with Gasteiger partial charge in [0, 0.05) is 12.2 Å². The zero-order valence-corrected chi connectivity index (χ0v) is 11.4. The molecule has 0 bridgehead atoms. The zero-order chi connectivity index (χ0) is 13.3. The second-order valence-corrected chi connectivity index (χ2v) is 4.53. The van der Waals surface area contributed by atoms with Crippen LogP contribution in [0.15, 0.2) is 12.1 Å². The maximum absolute atomic E-state index is 14.1. The van der Waals surface area contributed by atoms with E-state index in [2.05, 4.69) is 17.2 Å². The Kier molecular flexibility index (Phi) is 3.50. The molecule has 0 atom stereocenters. The highest BCUT2D eigenvalue weighted by Gasteiger charge is 2.15. The summed E-state index contributed by atoms with van der Waals surface area (Å²) in [6, 6.07) is 3.31. The van der Waals surface area contributed by atoms with Gasteiger partial charge in [0.1, 0.15) is 5.82 Å². The minimum Gasteiger partial charge on any atom is -0.384 e. The van der Waals surface area contributed by atoms with Gasteiger partial charge in [-0.05, 0) is 44.4 Å². The van der Waals surface area contributed by atoms with E-state index >= 15 is 0 Å². The number of benzene rings is 1. The fourth-order valence-electron chi connectivity index (χ4n) is 2.35. The molecule has 1 aromatic heterocycles. The first-order valence-corrected chi connectivity index (χ1v) is 6.42. The van der Waals surface area contributed by atoms with Crippen LogP contribution < -0.4 is 5.32 Å². The lowest BCUT2D eigenvalue weighted by atomic mass is 10.0. The topological polar surface area (TPSA) is 24.9 Å². The summed E-state index contributed by atoms with van der Waals surface area (Å²) < 4.78 is 14.1. The van der Waals surface area contributed by atoms with Gasteiger partial charge in [0.15, 0.2) is 0 Å². The summed E-state index contributed by atoms with van der Waals surface area (Å²) in [6.07, 6.45) is 0.857. The molecule has 0 saturated carbocycles. The molecule has 18 heavy (non-hydrogen) atoms. The van der Waals surface area contributed by atoms with Gasteiger partial charge in [-0.2, -0.15) is 0 Å². The van der Waals surface area contributed by atoms with Gasteiger partial charge < -0.3 is 5.32 Å². The lowest BCUT2D eigenvalue weighted by Gasteiger charge is -2.16. The van der Waals surface area contributed by atoms with Gasteiger partial charge in [-0.15, -0.1) is 0 Å². The van der Waals surface area contributed by atoms with E-state index in [9.17, 15) is 4.39 Å². The van der Waals surface area contributed by atoms with Crippen LogP contribution in [0.5, 0.6) is 0 Å². The molecule has 0 radical (unpaired) electrons. The monoisotopic (exact) mass is 246 g/mol. The Hall–Kier alpha value is -1.64. The first-order chi connectivity index (χ1) is 8.60. The van der Waals surface area contributed by atoms with Crippen molar-refractivity contribution in [2.24, 2.45) is 0 Å². The van der Waals surface area contributed by atoms with E-state index < -0.39 is 0 Å². The molecule has 0 saturated heterocycles. The quantitative estimate of drug-likeness (QED) is 0.886. The Morgan fingerprint density at radius 2 is 1.94 bits per heavy atom. The van der Waals surface area contributed by atoms with Gasteiger partial charge in [0.25, 0.3) is 0 Å². The van der Waals surface area contributed by atoms with Gasteiger partial charge in [0.05, 0.1) is 16.6 Å². The van der Waals surface area contributed by atoms with E-state index in [0.29, 0.717) is 5.39 Å². The average Bonchev–Trinajstić information content (AvgIpc) is 2.36. The van der Waals surface area contributed by atoms with Crippen LogP contribution in [0.25, 0.3) is 10.9 Å². The van der Waals surface area contributed by atoms with Crippen molar-refractivity contribution in [2.45, 2.75) is 34.1 Å². The second kappa shape index (κ2) is 4.92. The number of nitrogens with zero attached hydrogens (tertiary/aromatic N) is 1. The number of nitrogens with one attached hydrogen (secondary N) is 1. The molecular formula is C15H19FN2. The Labute approximate surface area is 107 Å². The van der Waals surface area contributed by atoms with Gasteiger partial charge in [-0.25, -0.2) is 4.39 Å². The van der Waals surface area contributed by atoms with E-state index in [-0.39, 0.29) is 5.82 Å². The van der Waals surface area contributed by atoms with E-state index in [1.807, 2.05) is 20.8 Å². The molecule has 0 unspecified atom stereocenters. The van der Waals surface area contributed by atoms with Crippen LogP contribution in [0.4, 0.5) is 10.1 Å². The van der Waals surface area contributed by atoms with Crippen LogP contribution in [0.2, 0.25) is 0 Å². The van der Waals surface area contributed by atoms with E-state index in [1.54, 1.807) is 6.07 Å². The summed E-state index contributed by atoms with van der Waals surface area (Å²) in [5.41, 5.74) is 4.76. The number of hydrogen-bond acceptors (Lipinski definition) is 2. The highest BCUT2D eigenvalue weighted by Crippen LogP contribution is 2.32. The summed E-state index contributed by atoms with van der Waals surface area (Å²) in [6.45, 7) is 8.84. The maximum Gasteiger partial charge on any atom is 0.134 e. The van der Waals surface area contributed by atoms with Gasteiger partial charge in [-0.3, -0.25) is 4.98 Å². The van der Waals surface area contributed by atoms with E-state index in [4.69, 9.17) is 0 Å². The molecule has 3 heteroatoms. The fourth-order valence-corrected chi connectivity index (χ4v) is 2.35. The van der Waals surface area contributed by atoms with Crippen molar-refractivity contribution in [1.82, 2.24) is 4.98 Å². The third-order valence-corrected chi connectivity index (χ3v) is 3.32. The molecular weight excluding hydrogens is 227 g/mol. The molecule has 2 nitrogen and oxygen atoms in total. The smallest absolute Gasteiger partial charge is 0.134 e. The molecule has 0 fully saturated rings. The van der Waals surface area contributed by atoms with Crippen LogP contribution in [0.3, 0.4) is 0 Å². The Morgan fingerprint density at radius 1 is 1.22 bits per heavy atom. The first kappa shape index (κ1) is 12.8. The molecule has 0 aliphatic rings.